The first-order valence-corrected chi connectivity index (χ1v) is 14.2. The third kappa shape index (κ3) is 7.32. The van der Waals surface area contributed by atoms with Gasteiger partial charge >= 0.3 is 0 Å². The van der Waals surface area contributed by atoms with E-state index in [0.29, 0.717) is 39.4 Å². The largest absolute Gasteiger partial charge is 0.493 e. The van der Waals surface area contributed by atoms with Crippen molar-refractivity contribution in [1.82, 2.24) is 10.4 Å². The zero-order valence-electron chi connectivity index (χ0n) is 22.5. The van der Waals surface area contributed by atoms with Crippen LogP contribution in [0.15, 0.2) is 64.2 Å². The van der Waals surface area contributed by atoms with Crippen molar-refractivity contribution in [2.75, 3.05) is 20.8 Å². The molecule has 0 unspecified atom stereocenters. The van der Waals surface area contributed by atoms with Crippen LogP contribution in [0.5, 0.6) is 17.4 Å². The van der Waals surface area contributed by atoms with Crippen LogP contribution in [0.25, 0.3) is 10.8 Å². The van der Waals surface area contributed by atoms with Crippen molar-refractivity contribution in [3.8, 4) is 23.4 Å². The number of fused-ring (bicyclic) bond motifs is 1. The number of rotatable bonds is 11. The van der Waals surface area contributed by atoms with Gasteiger partial charge in [-0.1, -0.05) is 42.5 Å². The van der Waals surface area contributed by atoms with E-state index in [4.69, 9.17) is 18.9 Å². The van der Waals surface area contributed by atoms with Gasteiger partial charge in [-0.2, -0.15) is 10.4 Å². The van der Waals surface area contributed by atoms with E-state index < -0.39 is 5.91 Å². The molecule has 0 fully saturated rings. The first kappa shape index (κ1) is 30.2. The molecule has 1 amide bonds. The fourth-order valence-electron chi connectivity index (χ4n) is 4.08. The van der Waals surface area contributed by atoms with Crippen LogP contribution in [0.3, 0.4) is 0 Å². The Hall–Kier alpha value is -3.73. The molecule has 0 saturated carbocycles. The molecule has 9 nitrogen and oxygen atoms in total. The Morgan fingerprint density at radius 1 is 1.15 bits per heavy atom. The zero-order chi connectivity index (χ0) is 29.4. The Balaban J connectivity index is 1.40. The third-order valence-electron chi connectivity index (χ3n) is 6.01. The molecule has 1 aromatic heterocycles. The van der Waals surface area contributed by atoms with E-state index in [2.05, 4.69) is 78.3 Å². The molecule has 4 aromatic rings. The molecule has 0 aliphatic heterocycles. The fourth-order valence-corrected chi connectivity index (χ4v) is 5.26. The van der Waals surface area contributed by atoms with Crippen molar-refractivity contribution in [2.45, 2.75) is 20.1 Å². The van der Waals surface area contributed by atoms with Gasteiger partial charge in [0.25, 0.3) is 5.91 Å². The molecule has 0 spiro atoms. The van der Waals surface area contributed by atoms with Gasteiger partial charge in [-0.25, -0.2) is 10.4 Å². The number of aryl methyl sites for hydroxylation is 1. The van der Waals surface area contributed by atoms with Crippen molar-refractivity contribution in [3.05, 3.63) is 90.6 Å². The van der Waals surface area contributed by atoms with Gasteiger partial charge in [0.15, 0.2) is 18.1 Å². The Morgan fingerprint density at radius 3 is 2.68 bits per heavy atom. The van der Waals surface area contributed by atoms with Gasteiger partial charge in [0.05, 0.1) is 29.2 Å². The van der Waals surface area contributed by atoms with Crippen LogP contribution in [0.2, 0.25) is 0 Å². The Morgan fingerprint density at radius 2 is 1.93 bits per heavy atom. The molecule has 41 heavy (non-hydrogen) atoms. The molecule has 11 heteroatoms. The van der Waals surface area contributed by atoms with Crippen LogP contribution in [0, 0.1) is 21.8 Å². The number of nitrogens with zero attached hydrogens (tertiary/aromatic N) is 3. The first-order valence-electron chi connectivity index (χ1n) is 12.4. The molecule has 0 atom stereocenters. The maximum Gasteiger partial charge on any atom is 0.278 e. The molecule has 0 aliphatic carbocycles. The number of carbonyl (C=O) groups excluding carboxylic acids is 1. The maximum absolute atomic E-state index is 12.4. The normalized spacial score (nSPS) is 10.9. The van der Waals surface area contributed by atoms with E-state index in [1.54, 1.807) is 20.1 Å². The molecule has 0 saturated heterocycles. The fraction of sp³-hybridized carbons (Fsp3) is 0.200. The first-order chi connectivity index (χ1) is 19.9. The molecule has 1 N–H and O–H groups in total. The number of amides is 1. The number of methoxy groups -OCH3 is 2. The van der Waals surface area contributed by atoms with Crippen LogP contribution in [0.1, 0.15) is 27.9 Å². The monoisotopic (exact) mass is 728 g/mol. The highest BCUT2D eigenvalue weighted by atomic mass is 127. The molecule has 1 heterocycles. The minimum Gasteiger partial charge on any atom is -0.493 e. The van der Waals surface area contributed by atoms with Crippen molar-refractivity contribution < 1.29 is 23.7 Å². The second-order valence-electron chi connectivity index (χ2n) is 8.76. The Kier molecular flexibility index (Phi) is 10.5. The molecule has 3 aromatic carbocycles. The number of halogens is 2. The molecular weight excluding hydrogens is 703 g/mol. The lowest BCUT2D eigenvalue weighted by Gasteiger charge is -2.14. The highest BCUT2D eigenvalue weighted by molar-refractivity contribution is 14.1. The smallest absolute Gasteiger partial charge is 0.278 e. The Bertz CT molecular complexity index is 1650. The number of hydrogen-bond acceptors (Lipinski definition) is 8. The maximum atomic E-state index is 12.4. The van der Waals surface area contributed by atoms with E-state index in [-0.39, 0.29) is 24.7 Å². The molecule has 0 bridgehead atoms. The highest BCUT2D eigenvalue weighted by Gasteiger charge is 2.18. The SMILES string of the molecule is COCc1c(Br)c(C)nc(OCC(=O)N/N=C\c2cc(I)c(OCc3cccc4ccccc34)c(OC)c2)c1C#N. The van der Waals surface area contributed by atoms with Crippen molar-refractivity contribution in [1.29, 1.82) is 5.26 Å². The molecule has 0 radical (unpaired) electrons. The van der Waals surface area contributed by atoms with Crippen LogP contribution < -0.4 is 19.6 Å². The summed E-state index contributed by atoms with van der Waals surface area (Å²) in [6, 6.07) is 20.0. The number of hydrogen-bond donors (Lipinski definition) is 1. The number of nitriles is 1. The van der Waals surface area contributed by atoms with Gasteiger partial charge in [0.2, 0.25) is 5.88 Å². The summed E-state index contributed by atoms with van der Waals surface area (Å²) in [5.41, 5.74) is 5.61. The third-order valence-corrected chi connectivity index (χ3v) is 7.87. The lowest BCUT2D eigenvalue weighted by Crippen LogP contribution is -2.25. The van der Waals surface area contributed by atoms with E-state index >= 15 is 0 Å². The minimum absolute atomic E-state index is 0.0535. The molecule has 210 valence electrons. The summed E-state index contributed by atoms with van der Waals surface area (Å²) in [5.74, 6) is 0.699. The van der Waals surface area contributed by atoms with Gasteiger partial charge in [-0.3, -0.25) is 4.79 Å². The number of carbonyl (C=O) groups is 1. The summed E-state index contributed by atoms with van der Waals surface area (Å²) in [6.45, 7) is 1.95. The molecule has 4 rings (SSSR count). The summed E-state index contributed by atoms with van der Waals surface area (Å²) >= 11 is 5.61. The molecule has 0 aliphatic rings. The topological polar surface area (TPSA) is 115 Å². The minimum atomic E-state index is -0.516. The number of hydrazone groups is 1. The van der Waals surface area contributed by atoms with Crippen molar-refractivity contribution in [3.63, 3.8) is 0 Å². The summed E-state index contributed by atoms with van der Waals surface area (Å²) in [5, 5.41) is 15.9. The van der Waals surface area contributed by atoms with Gasteiger partial charge in [-0.15, -0.1) is 0 Å². The number of pyridine rings is 1. The lowest BCUT2D eigenvalue weighted by atomic mass is 10.1. The summed E-state index contributed by atoms with van der Waals surface area (Å²) in [6.07, 6.45) is 1.50. The second kappa shape index (κ2) is 14.2. The quantitative estimate of drug-likeness (QED) is 0.114. The number of nitrogens with one attached hydrogen (secondary N) is 1. The van der Waals surface area contributed by atoms with Crippen LogP contribution in [-0.4, -0.2) is 37.9 Å². The predicted octanol–water partition coefficient (Wildman–Crippen LogP) is 6.05. The van der Waals surface area contributed by atoms with E-state index in [9.17, 15) is 10.1 Å². The summed E-state index contributed by atoms with van der Waals surface area (Å²) in [4.78, 5) is 16.7. The van der Waals surface area contributed by atoms with E-state index in [1.807, 2.05) is 30.3 Å². The van der Waals surface area contributed by atoms with Gasteiger partial charge in [-0.05, 0) is 79.5 Å². The van der Waals surface area contributed by atoms with Gasteiger partial charge in [0, 0.05) is 17.1 Å². The van der Waals surface area contributed by atoms with Crippen molar-refractivity contribution in [2.24, 2.45) is 5.10 Å². The van der Waals surface area contributed by atoms with E-state index in [1.165, 1.54) is 13.3 Å². The standard InChI is InChI=1S/C30H26BrIN4O5/c1-18-28(31)24(16-38-2)23(13-33)30(35-18)41-17-27(37)36-34-14-19-11-25(32)29(26(12-19)39-3)40-15-21-9-6-8-20-7-4-5-10-22(20)21/h4-12,14H,15-17H2,1-3H3,(H,36,37)/b34-14-. The van der Waals surface area contributed by atoms with Crippen LogP contribution in [0.4, 0.5) is 0 Å². The lowest BCUT2D eigenvalue weighted by molar-refractivity contribution is -0.123. The average molecular weight is 729 g/mol. The van der Waals surface area contributed by atoms with Gasteiger partial charge < -0.3 is 18.9 Å². The van der Waals surface area contributed by atoms with Gasteiger partial charge in [0.1, 0.15) is 18.2 Å². The zero-order valence-corrected chi connectivity index (χ0v) is 26.3. The number of benzene rings is 3. The second-order valence-corrected chi connectivity index (χ2v) is 10.7. The molecular formula is C30H26BrIN4O5. The van der Waals surface area contributed by atoms with Crippen LogP contribution in [-0.2, 0) is 22.7 Å². The highest BCUT2D eigenvalue weighted by Crippen LogP contribution is 2.35. The summed E-state index contributed by atoms with van der Waals surface area (Å²) < 4.78 is 24.0. The average Bonchev–Trinajstić information content (AvgIpc) is 2.97. The van der Waals surface area contributed by atoms with Crippen molar-refractivity contribution >= 4 is 61.4 Å². The summed E-state index contributed by atoms with van der Waals surface area (Å²) in [7, 11) is 3.10. The Labute approximate surface area is 259 Å². The number of ether oxygens (including phenoxy) is 4. The van der Waals surface area contributed by atoms with E-state index in [0.717, 1.165) is 19.9 Å². The predicted molar refractivity (Wildman–Crippen MR) is 167 cm³/mol. The van der Waals surface area contributed by atoms with Crippen LogP contribution >= 0.6 is 38.5 Å². The number of aromatic nitrogens is 1.